The fraction of sp³-hybridized carbons (Fsp3) is 0.579. The molecule has 3 heterocycles. The van der Waals surface area contributed by atoms with Crippen LogP contribution < -0.4 is 5.32 Å². The summed E-state index contributed by atoms with van der Waals surface area (Å²) >= 11 is 0. The molecule has 27 heavy (non-hydrogen) atoms. The Labute approximate surface area is 158 Å². The molecule has 0 saturated carbocycles. The van der Waals surface area contributed by atoms with Crippen LogP contribution in [-0.4, -0.2) is 50.2 Å². The molecule has 1 N–H and O–H groups in total. The lowest BCUT2D eigenvalue weighted by Crippen LogP contribution is -2.42. The summed E-state index contributed by atoms with van der Waals surface area (Å²) in [7, 11) is 0. The monoisotopic (exact) mass is 373 g/mol. The van der Waals surface area contributed by atoms with E-state index in [0.29, 0.717) is 31.9 Å². The molecule has 2 amide bonds. The lowest BCUT2D eigenvalue weighted by molar-refractivity contribution is -0.122. The lowest BCUT2D eigenvalue weighted by atomic mass is 9.93. The summed E-state index contributed by atoms with van der Waals surface area (Å²) in [5.41, 5.74) is 0.274. The van der Waals surface area contributed by atoms with Gasteiger partial charge in [0.2, 0.25) is 5.91 Å². The highest BCUT2D eigenvalue weighted by Gasteiger charge is 2.27. The van der Waals surface area contributed by atoms with Gasteiger partial charge in [0.15, 0.2) is 11.5 Å². The Kier molecular flexibility index (Phi) is 5.62. The highest BCUT2D eigenvalue weighted by atomic mass is 16.6. The third-order valence-corrected chi connectivity index (χ3v) is 4.57. The lowest BCUT2D eigenvalue weighted by Gasteiger charge is -2.33. The third-order valence-electron chi connectivity index (χ3n) is 4.57. The van der Waals surface area contributed by atoms with Crippen LogP contribution in [0.3, 0.4) is 0 Å². The van der Waals surface area contributed by atoms with E-state index in [4.69, 9.17) is 4.74 Å². The van der Waals surface area contributed by atoms with Crippen LogP contribution >= 0.6 is 0 Å². The number of pyridine rings is 1. The largest absolute Gasteiger partial charge is 0.444 e. The average molecular weight is 373 g/mol. The van der Waals surface area contributed by atoms with Gasteiger partial charge in [-0.15, -0.1) is 10.2 Å². The van der Waals surface area contributed by atoms with Crippen molar-refractivity contribution >= 4 is 17.6 Å². The number of carbonyl (C=O) groups is 2. The smallest absolute Gasteiger partial charge is 0.410 e. The summed E-state index contributed by atoms with van der Waals surface area (Å²) in [6.45, 7) is 7.19. The predicted molar refractivity (Wildman–Crippen MR) is 100.0 cm³/mol. The third kappa shape index (κ3) is 5.18. The zero-order valence-corrected chi connectivity index (χ0v) is 16.1. The number of hydrogen-bond donors (Lipinski definition) is 1. The first-order chi connectivity index (χ1) is 12.8. The fourth-order valence-corrected chi connectivity index (χ4v) is 3.17. The Bertz CT molecular complexity index is 803. The number of nitrogens with zero attached hydrogens (tertiary/aromatic N) is 4. The van der Waals surface area contributed by atoms with Gasteiger partial charge in [0.25, 0.3) is 0 Å². The Balaban J connectivity index is 1.42. The van der Waals surface area contributed by atoms with Crippen LogP contribution in [-0.2, 0) is 16.1 Å². The van der Waals surface area contributed by atoms with Crippen molar-refractivity contribution in [1.29, 1.82) is 0 Å². The van der Waals surface area contributed by atoms with Gasteiger partial charge in [-0.2, -0.15) is 0 Å². The van der Waals surface area contributed by atoms with Gasteiger partial charge in [0.05, 0.1) is 6.54 Å². The summed E-state index contributed by atoms with van der Waals surface area (Å²) in [6, 6.07) is 5.67. The van der Waals surface area contributed by atoms with Crippen molar-refractivity contribution in [3.8, 4) is 0 Å². The molecule has 0 aromatic carbocycles. The van der Waals surface area contributed by atoms with Gasteiger partial charge in [-0.3, -0.25) is 9.20 Å². The van der Waals surface area contributed by atoms with Crippen LogP contribution in [0.1, 0.15) is 45.9 Å². The quantitative estimate of drug-likeness (QED) is 0.889. The van der Waals surface area contributed by atoms with Gasteiger partial charge < -0.3 is 15.0 Å². The van der Waals surface area contributed by atoms with E-state index in [0.717, 1.165) is 18.5 Å². The van der Waals surface area contributed by atoms with Crippen molar-refractivity contribution in [2.75, 3.05) is 13.1 Å². The molecule has 0 atom stereocenters. The molecule has 0 radical (unpaired) electrons. The Hall–Kier alpha value is -2.64. The number of rotatable bonds is 4. The highest BCUT2D eigenvalue weighted by molar-refractivity contribution is 5.76. The molecule has 1 saturated heterocycles. The molecule has 8 heteroatoms. The van der Waals surface area contributed by atoms with Gasteiger partial charge in [0.1, 0.15) is 5.60 Å². The Morgan fingerprint density at radius 2 is 1.96 bits per heavy atom. The van der Waals surface area contributed by atoms with Crippen molar-refractivity contribution in [1.82, 2.24) is 24.8 Å². The van der Waals surface area contributed by atoms with E-state index < -0.39 is 5.60 Å². The number of piperidine rings is 1. The first-order valence-corrected chi connectivity index (χ1v) is 9.35. The molecule has 3 rings (SSSR count). The number of carbonyl (C=O) groups excluding carboxylic acids is 2. The zero-order valence-electron chi connectivity index (χ0n) is 16.1. The van der Waals surface area contributed by atoms with Crippen LogP contribution in [0.4, 0.5) is 4.79 Å². The number of ether oxygens (including phenoxy) is 1. The number of aromatic nitrogens is 3. The molecule has 0 unspecified atom stereocenters. The number of likely N-dealkylation sites (tertiary alicyclic amines) is 1. The average Bonchev–Trinajstić information content (AvgIpc) is 3.02. The fourth-order valence-electron chi connectivity index (χ4n) is 3.17. The van der Waals surface area contributed by atoms with Gasteiger partial charge in [-0.1, -0.05) is 6.07 Å². The summed E-state index contributed by atoms with van der Waals surface area (Å²) in [4.78, 5) is 26.1. The van der Waals surface area contributed by atoms with Crippen LogP contribution in [0, 0.1) is 5.92 Å². The molecule has 2 aromatic heterocycles. The highest BCUT2D eigenvalue weighted by Crippen LogP contribution is 2.22. The normalized spacial score (nSPS) is 15.7. The number of amides is 2. The standard InChI is InChI=1S/C19H27N5O3/c1-19(2,3)27-18(26)23-10-7-14(8-11-23)12-17(25)20-13-16-22-21-15-6-4-5-9-24(15)16/h4-6,9,14H,7-8,10-13H2,1-3H3,(H,20,25). The van der Waals surface area contributed by atoms with Crippen LogP contribution in [0.25, 0.3) is 5.65 Å². The molecule has 2 aromatic rings. The van der Waals surface area contributed by atoms with Crippen molar-refractivity contribution in [2.24, 2.45) is 5.92 Å². The summed E-state index contributed by atoms with van der Waals surface area (Å²) in [6.07, 6.45) is 3.67. The first-order valence-electron chi connectivity index (χ1n) is 9.35. The maximum atomic E-state index is 12.3. The minimum atomic E-state index is -0.486. The van der Waals surface area contributed by atoms with Gasteiger partial charge in [-0.25, -0.2) is 4.79 Å². The second-order valence-electron chi connectivity index (χ2n) is 7.94. The summed E-state index contributed by atoms with van der Waals surface area (Å²) in [5.74, 6) is 0.982. The van der Waals surface area contributed by atoms with Crippen LogP contribution in [0.2, 0.25) is 0 Å². The van der Waals surface area contributed by atoms with E-state index in [1.165, 1.54) is 0 Å². The molecule has 1 fully saturated rings. The SMILES string of the molecule is CC(C)(C)OC(=O)N1CCC(CC(=O)NCc2nnc3ccccn23)CC1. The molecule has 146 valence electrons. The van der Waals surface area contributed by atoms with E-state index >= 15 is 0 Å². The van der Waals surface area contributed by atoms with Gasteiger partial charge >= 0.3 is 6.09 Å². The Morgan fingerprint density at radius 1 is 1.22 bits per heavy atom. The zero-order chi connectivity index (χ0) is 19.4. The summed E-state index contributed by atoms with van der Waals surface area (Å²) in [5, 5.41) is 11.1. The van der Waals surface area contributed by atoms with Crippen molar-refractivity contribution in [3.63, 3.8) is 0 Å². The van der Waals surface area contributed by atoms with E-state index in [1.807, 2.05) is 49.6 Å². The maximum Gasteiger partial charge on any atom is 0.410 e. The molecule has 8 nitrogen and oxygen atoms in total. The van der Waals surface area contributed by atoms with Crippen molar-refractivity contribution in [3.05, 3.63) is 30.2 Å². The van der Waals surface area contributed by atoms with Crippen molar-refractivity contribution < 1.29 is 14.3 Å². The predicted octanol–water partition coefficient (Wildman–Crippen LogP) is 2.38. The maximum absolute atomic E-state index is 12.3. The molecular formula is C19H27N5O3. The van der Waals surface area contributed by atoms with E-state index in [1.54, 1.807) is 4.90 Å². The van der Waals surface area contributed by atoms with E-state index in [9.17, 15) is 9.59 Å². The number of fused-ring (bicyclic) bond motifs is 1. The molecular weight excluding hydrogens is 346 g/mol. The minimum Gasteiger partial charge on any atom is -0.444 e. The van der Waals surface area contributed by atoms with Crippen molar-refractivity contribution in [2.45, 2.75) is 52.2 Å². The molecule has 0 bridgehead atoms. The van der Waals surface area contributed by atoms with E-state index in [-0.39, 0.29) is 17.9 Å². The van der Waals surface area contributed by atoms with Gasteiger partial charge in [0, 0.05) is 25.7 Å². The first kappa shape index (κ1) is 19.1. The second kappa shape index (κ2) is 7.94. The Morgan fingerprint density at radius 3 is 2.67 bits per heavy atom. The molecule has 1 aliphatic rings. The molecule has 0 aliphatic carbocycles. The molecule has 1 aliphatic heterocycles. The summed E-state index contributed by atoms with van der Waals surface area (Å²) < 4.78 is 7.26. The molecule has 0 spiro atoms. The topological polar surface area (TPSA) is 88.8 Å². The van der Waals surface area contributed by atoms with E-state index in [2.05, 4.69) is 15.5 Å². The van der Waals surface area contributed by atoms with Gasteiger partial charge in [-0.05, 0) is 51.7 Å². The minimum absolute atomic E-state index is 0.00148. The van der Waals surface area contributed by atoms with Crippen LogP contribution in [0.5, 0.6) is 0 Å². The number of nitrogens with one attached hydrogen (secondary N) is 1. The second-order valence-corrected chi connectivity index (χ2v) is 7.94. The van der Waals surface area contributed by atoms with Crippen LogP contribution in [0.15, 0.2) is 24.4 Å². The number of hydrogen-bond acceptors (Lipinski definition) is 5.